The number of nitrogens with one attached hydrogen (secondary N) is 2. The predicted molar refractivity (Wildman–Crippen MR) is 266 cm³/mol. The van der Waals surface area contributed by atoms with Crippen molar-refractivity contribution in [1.29, 1.82) is 0 Å². The standard InChI is InChI=1S/C52H62BrF6N2O4PSi/c1-36(65-67(50(8,9)10,42-27-19-13-20-28-42)43-29-21-14-22-30-43)44(60-46(62)45(48(2,3)4)61-47(63)64-49(5,6)7)35-66(53,40-23-15-11-16-24-40,41-25-17-12-18-26-41)34-37-31-38(51(54,55)56)33-39(32-37)52(57,58)59/h11-33,36,44-45H,34-35H2,1-10H3,(H,60,62)(H,61,63)/t36-,44-,45-/m1/s1. The van der Waals surface area contributed by atoms with Gasteiger partial charge in [-0.2, -0.15) is 0 Å². The molecule has 0 saturated carbocycles. The van der Waals surface area contributed by atoms with Crippen molar-refractivity contribution in [3.05, 3.63) is 156 Å². The number of alkyl halides is 6. The van der Waals surface area contributed by atoms with Crippen LogP contribution in [-0.2, 0) is 32.5 Å². The maximum absolute atomic E-state index is 15.2. The molecule has 0 fully saturated rings. The van der Waals surface area contributed by atoms with Crippen LogP contribution in [0.4, 0.5) is 31.1 Å². The Kier molecular flexibility index (Phi) is 15.8. The summed E-state index contributed by atoms with van der Waals surface area (Å²) in [5.41, 5.74) is -4.87. The van der Waals surface area contributed by atoms with Crippen molar-refractivity contribution < 1.29 is 45.1 Å². The summed E-state index contributed by atoms with van der Waals surface area (Å²) in [4.78, 5) is 28.6. The van der Waals surface area contributed by atoms with Crippen LogP contribution in [0.2, 0.25) is 5.04 Å². The monoisotopic (exact) mass is 1030 g/mol. The van der Waals surface area contributed by atoms with Crippen LogP contribution < -0.4 is 31.6 Å². The van der Waals surface area contributed by atoms with Crippen molar-refractivity contribution in [2.75, 3.05) is 6.16 Å². The molecule has 3 atom stereocenters. The van der Waals surface area contributed by atoms with Gasteiger partial charge in [-0.1, -0.05) is 0 Å². The molecule has 0 aliphatic heterocycles. The van der Waals surface area contributed by atoms with Crippen LogP contribution in [-0.4, -0.2) is 50.3 Å². The first-order valence-electron chi connectivity index (χ1n) is 22.1. The summed E-state index contributed by atoms with van der Waals surface area (Å²) in [5.74, 6) is -0.599. The number of carbonyl (C=O) groups excluding carboxylic acids is 2. The Morgan fingerprint density at radius 3 is 1.39 bits per heavy atom. The van der Waals surface area contributed by atoms with Gasteiger partial charge in [0.2, 0.25) is 0 Å². The number of ether oxygens (including phenoxy) is 1. The van der Waals surface area contributed by atoms with Crippen molar-refractivity contribution in [1.82, 2.24) is 10.6 Å². The molecule has 0 aromatic heterocycles. The van der Waals surface area contributed by atoms with Crippen LogP contribution in [0.25, 0.3) is 0 Å². The SMILES string of the molecule is C[C@@H](O[Si](c1ccccc1)(c1ccccc1)C(C)(C)C)[C@@H](CP(Br)(Cc1cc(C(F)(F)F)cc(C(F)(F)F)c1)(c1ccccc1)c1ccccc1)NC(=O)[C@@H](NC(=O)OC(C)(C)C)C(C)(C)C. The van der Waals surface area contributed by atoms with E-state index in [1.54, 1.807) is 77.9 Å². The zero-order valence-electron chi connectivity index (χ0n) is 39.7. The molecule has 0 unspecified atom stereocenters. The van der Waals surface area contributed by atoms with Crippen molar-refractivity contribution in [3.63, 3.8) is 0 Å². The summed E-state index contributed by atoms with van der Waals surface area (Å²) in [6, 6.07) is 37.0. The second-order valence-electron chi connectivity index (χ2n) is 20.3. The summed E-state index contributed by atoms with van der Waals surface area (Å²) in [7, 11) is -3.42. The van der Waals surface area contributed by atoms with Gasteiger partial charge in [0.25, 0.3) is 0 Å². The molecule has 15 heteroatoms. The fraction of sp³-hybridized carbons (Fsp3) is 0.385. The molecule has 0 saturated heterocycles. The van der Waals surface area contributed by atoms with E-state index in [4.69, 9.17) is 9.16 Å². The topological polar surface area (TPSA) is 76.7 Å². The fourth-order valence-corrected chi connectivity index (χ4v) is 21.8. The molecule has 5 aromatic carbocycles. The first-order valence-corrected chi connectivity index (χ1v) is 28.6. The van der Waals surface area contributed by atoms with Crippen molar-refractivity contribution in [3.8, 4) is 0 Å². The quantitative estimate of drug-likeness (QED) is 0.0660. The van der Waals surface area contributed by atoms with Gasteiger partial charge in [-0.25, -0.2) is 0 Å². The van der Waals surface area contributed by atoms with Crippen molar-refractivity contribution in [2.24, 2.45) is 5.41 Å². The molecule has 362 valence electrons. The number of carbonyl (C=O) groups is 2. The molecule has 5 aromatic rings. The van der Waals surface area contributed by atoms with E-state index in [9.17, 15) is 31.1 Å². The third-order valence-corrected chi connectivity index (χ3v) is 26.2. The third-order valence-electron chi connectivity index (χ3n) is 11.9. The Bertz CT molecular complexity index is 2350. The summed E-state index contributed by atoms with van der Waals surface area (Å²) in [6.07, 6.45) is -12.3. The zero-order valence-corrected chi connectivity index (χ0v) is 43.1. The average molecular weight is 1030 g/mol. The van der Waals surface area contributed by atoms with E-state index in [0.717, 1.165) is 22.5 Å². The molecule has 0 aliphatic rings. The molecular weight excluding hydrogens is 970 g/mol. The van der Waals surface area contributed by atoms with Crippen LogP contribution >= 0.6 is 20.8 Å². The Morgan fingerprint density at radius 1 is 0.627 bits per heavy atom. The summed E-state index contributed by atoms with van der Waals surface area (Å²) < 4.78 is 101. The van der Waals surface area contributed by atoms with Gasteiger partial charge in [0.05, 0.1) is 0 Å². The molecular formula is C52H62BrF6N2O4PSi. The summed E-state index contributed by atoms with van der Waals surface area (Å²) in [5, 5.41) is 4.19. The Labute approximate surface area is 400 Å². The molecule has 0 aliphatic carbocycles. The van der Waals surface area contributed by atoms with Crippen molar-refractivity contribution in [2.45, 2.75) is 117 Å². The molecule has 67 heavy (non-hydrogen) atoms. The molecule has 0 spiro atoms. The van der Waals surface area contributed by atoms with Crippen molar-refractivity contribution >= 4 is 62.1 Å². The van der Waals surface area contributed by atoms with Crippen LogP contribution in [0.5, 0.6) is 0 Å². The normalized spacial score (nSPS) is 15.1. The van der Waals surface area contributed by atoms with E-state index >= 15 is 4.79 Å². The van der Waals surface area contributed by atoms with E-state index in [2.05, 4.69) is 46.9 Å². The van der Waals surface area contributed by atoms with Gasteiger partial charge < -0.3 is 0 Å². The van der Waals surface area contributed by atoms with Crippen LogP contribution in [0, 0.1) is 5.41 Å². The third kappa shape index (κ3) is 12.4. The first-order chi connectivity index (χ1) is 30.9. The molecule has 0 bridgehead atoms. The number of hydrogen-bond donors (Lipinski definition) is 2. The number of halogens is 7. The number of benzene rings is 5. The van der Waals surface area contributed by atoms with Gasteiger partial charge in [0.15, 0.2) is 0 Å². The zero-order chi connectivity index (χ0) is 49.9. The Morgan fingerprint density at radius 2 is 1.03 bits per heavy atom. The van der Waals surface area contributed by atoms with E-state index in [1.165, 1.54) is 0 Å². The van der Waals surface area contributed by atoms with Gasteiger partial charge >= 0.3 is 402 Å². The van der Waals surface area contributed by atoms with E-state index in [-0.39, 0.29) is 24.0 Å². The van der Waals surface area contributed by atoms with Crippen LogP contribution in [0.1, 0.15) is 85.9 Å². The fourth-order valence-electron chi connectivity index (χ4n) is 8.78. The van der Waals surface area contributed by atoms with Gasteiger partial charge in [0, 0.05) is 0 Å². The van der Waals surface area contributed by atoms with Crippen LogP contribution in [0.3, 0.4) is 0 Å². The molecule has 2 N–H and O–H groups in total. The average Bonchev–Trinajstić information content (AvgIpc) is 3.23. The number of hydrogen-bond acceptors (Lipinski definition) is 4. The number of amides is 2. The first kappa shape index (κ1) is 53.5. The molecule has 6 nitrogen and oxygen atoms in total. The van der Waals surface area contributed by atoms with Gasteiger partial charge in [0.1, 0.15) is 0 Å². The Balaban J connectivity index is 1.85. The second-order valence-corrected chi connectivity index (χ2v) is 34.2. The Hall–Kier alpha value is -4.49. The summed E-state index contributed by atoms with van der Waals surface area (Å²) >= 11 is 4.30. The number of rotatable bonds is 14. The van der Waals surface area contributed by atoms with Gasteiger partial charge in [-0.15, -0.1) is 0 Å². The summed E-state index contributed by atoms with van der Waals surface area (Å²) in [6.45, 7) is 18.6. The molecule has 5 rings (SSSR count). The van der Waals surface area contributed by atoms with E-state index < -0.39 is 83.3 Å². The maximum atomic E-state index is 15.2. The molecule has 2 amide bonds. The molecule has 0 heterocycles. The second kappa shape index (κ2) is 19.9. The predicted octanol–water partition coefficient (Wildman–Crippen LogP) is 12.1. The minimum atomic E-state index is -5.10. The molecule has 0 radical (unpaired) electrons. The van der Waals surface area contributed by atoms with Gasteiger partial charge in [-0.05, 0) is 0 Å². The van der Waals surface area contributed by atoms with E-state index in [1.807, 2.05) is 91.9 Å². The number of alkyl carbamates (subject to hydrolysis) is 1. The van der Waals surface area contributed by atoms with Gasteiger partial charge in [-0.3, -0.25) is 0 Å². The minimum absolute atomic E-state index is 0.0639. The van der Waals surface area contributed by atoms with Crippen LogP contribution in [0.15, 0.2) is 140 Å². The van der Waals surface area contributed by atoms with E-state index in [0.29, 0.717) is 10.6 Å².